The maximum Gasteiger partial charge on any atom is 0.308 e. The van der Waals surface area contributed by atoms with Crippen LogP contribution in [-0.2, 0) is 14.3 Å². The molecule has 5 heteroatoms. The maximum atomic E-state index is 11.1. The highest BCUT2D eigenvalue weighted by Gasteiger charge is 2.02. The zero-order valence-corrected chi connectivity index (χ0v) is 5.69. The fourth-order valence-corrected chi connectivity index (χ4v) is 0.521. The van der Waals surface area contributed by atoms with Crippen molar-refractivity contribution in [1.82, 2.24) is 0 Å². The van der Waals surface area contributed by atoms with Gasteiger partial charge in [-0.05, 0) is 6.92 Å². The Balaban J connectivity index is 3.90. The molecule has 0 aliphatic heterocycles. The molecule has 0 rings (SSSR count). The second-order valence-electron chi connectivity index (χ2n) is 1.20. The minimum absolute atomic E-state index is 0.0210. The van der Waals surface area contributed by atoms with Crippen molar-refractivity contribution in [1.29, 1.82) is 0 Å². The van der Waals surface area contributed by atoms with Gasteiger partial charge >= 0.3 is 10.1 Å². The van der Waals surface area contributed by atoms with Crippen molar-refractivity contribution in [2.24, 2.45) is 0 Å². The number of hydrogen-bond acceptors (Lipinski definition) is 3. The van der Waals surface area contributed by atoms with Crippen molar-refractivity contribution in [2.75, 3.05) is 5.75 Å². The molecule has 0 aliphatic carbocycles. The summed E-state index contributed by atoms with van der Waals surface area (Å²) in [6.07, 6.45) is 0.506. The molecule has 54 valence electrons. The van der Waals surface area contributed by atoms with Crippen molar-refractivity contribution in [3.8, 4) is 0 Å². The van der Waals surface area contributed by atoms with Gasteiger partial charge in [0.25, 0.3) is 0 Å². The summed E-state index contributed by atoms with van der Waals surface area (Å²) in [6.45, 7) is 1.40. The first-order valence-electron chi connectivity index (χ1n) is 2.28. The lowest BCUT2D eigenvalue weighted by atomic mass is 11.0. The summed E-state index contributed by atoms with van der Waals surface area (Å²) in [7, 11) is -3.51. The monoisotopic (exact) mass is 154 g/mol. The third-order valence-electron chi connectivity index (χ3n) is 0.607. The normalized spacial score (nSPS) is 12.2. The second-order valence-corrected chi connectivity index (χ2v) is 3.09. The minimum Gasteiger partial charge on any atom is -0.388 e. The summed E-state index contributed by atoms with van der Waals surface area (Å²) in [4.78, 5) is 0. The quantitative estimate of drug-likeness (QED) is 0.446. The molecule has 0 N–H and O–H groups in total. The van der Waals surface area contributed by atoms with Gasteiger partial charge in [-0.3, -0.25) is 0 Å². The number of hydrogen-bond donors (Lipinski definition) is 0. The average Bonchev–Trinajstić information content (AvgIpc) is 1.84. The van der Waals surface area contributed by atoms with E-state index in [1.54, 1.807) is 0 Å². The minimum atomic E-state index is -3.51. The SMILES string of the molecule is CCS(=O)(=O)O/C=C/F. The molecule has 0 bridgehead atoms. The molecule has 0 aromatic heterocycles. The third-order valence-corrected chi connectivity index (χ3v) is 1.72. The summed E-state index contributed by atoms with van der Waals surface area (Å²) < 4.78 is 35.7. The van der Waals surface area contributed by atoms with Crippen LogP contribution in [0.4, 0.5) is 4.39 Å². The lowest BCUT2D eigenvalue weighted by Gasteiger charge is -1.94. The zero-order valence-electron chi connectivity index (χ0n) is 4.87. The lowest BCUT2D eigenvalue weighted by molar-refractivity contribution is 0.436. The van der Waals surface area contributed by atoms with Gasteiger partial charge in [-0.1, -0.05) is 0 Å². The van der Waals surface area contributed by atoms with Crippen LogP contribution < -0.4 is 0 Å². The van der Waals surface area contributed by atoms with Crippen LogP contribution in [0, 0.1) is 0 Å². The first-order chi connectivity index (χ1) is 4.12. The smallest absolute Gasteiger partial charge is 0.308 e. The van der Waals surface area contributed by atoms with Gasteiger partial charge in [0, 0.05) is 0 Å². The van der Waals surface area contributed by atoms with Crippen LogP contribution in [0.2, 0.25) is 0 Å². The molecule has 0 unspecified atom stereocenters. The van der Waals surface area contributed by atoms with E-state index in [0.717, 1.165) is 0 Å². The van der Waals surface area contributed by atoms with Crippen molar-refractivity contribution in [3.63, 3.8) is 0 Å². The molecule has 0 aromatic carbocycles. The summed E-state index contributed by atoms with van der Waals surface area (Å²) in [5, 5.41) is 0. The third kappa shape index (κ3) is 3.96. The van der Waals surface area contributed by atoms with Crippen LogP contribution in [0.3, 0.4) is 0 Å². The molecule has 0 aliphatic rings. The van der Waals surface area contributed by atoms with Gasteiger partial charge in [-0.25, -0.2) is 4.39 Å². The van der Waals surface area contributed by atoms with Crippen molar-refractivity contribution in [2.45, 2.75) is 6.92 Å². The Bertz CT molecular complexity index is 182. The highest BCUT2D eigenvalue weighted by atomic mass is 32.2. The van der Waals surface area contributed by atoms with E-state index in [1.807, 2.05) is 0 Å². The van der Waals surface area contributed by atoms with Gasteiger partial charge in [-0.15, -0.1) is 0 Å². The van der Waals surface area contributed by atoms with Crippen LogP contribution in [0.25, 0.3) is 0 Å². The van der Waals surface area contributed by atoms with E-state index in [0.29, 0.717) is 6.26 Å². The Morgan fingerprint density at radius 3 is 2.56 bits per heavy atom. The molecule has 0 saturated carbocycles. The Labute approximate surface area is 53.3 Å². The van der Waals surface area contributed by atoms with Crippen molar-refractivity contribution in [3.05, 3.63) is 12.6 Å². The predicted octanol–water partition coefficient (Wildman–Crippen LogP) is 0.793. The molecule has 0 fully saturated rings. The number of halogens is 1. The molecule has 9 heavy (non-hydrogen) atoms. The molecule has 0 spiro atoms. The largest absolute Gasteiger partial charge is 0.388 e. The first kappa shape index (κ1) is 8.42. The van der Waals surface area contributed by atoms with E-state index in [9.17, 15) is 12.8 Å². The summed E-state index contributed by atoms with van der Waals surface area (Å²) in [6, 6.07) is 0. The molecule has 0 aromatic rings. The predicted molar refractivity (Wildman–Crippen MR) is 30.8 cm³/mol. The zero-order chi connectivity index (χ0) is 7.33. The Morgan fingerprint density at radius 1 is 1.67 bits per heavy atom. The summed E-state index contributed by atoms with van der Waals surface area (Å²) in [5.74, 6) is -0.155. The van der Waals surface area contributed by atoms with Gasteiger partial charge < -0.3 is 4.18 Å². The molecule has 0 atom stereocenters. The fourth-order valence-electron chi connectivity index (χ4n) is 0.174. The Morgan fingerprint density at radius 2 is 2.22 bits per heavy atom. The van der Waals surface area contributed by atoms with Crippen LogP contribution in [0.5, 0.6) is 0 Å². The average molecular weight is 154 g/mol. The lowest BCUT2D eigenvalue weighted by Crippen LogP contribution is -2.02. The molecular weight excluding hydrogens is 147 g/mol. The van der Waals surface area contributed by atoms with Crippen LogP contribution in [0.1, 0.15) is 6.92 Å². The van der Waals surface area contributed by atoms with E-state index >= 15 is 0 Å². The van der Waals surface area contributed by atoms with E-state index in [1.165, 1.54) is 6.92 Å². The standard InChI is InChI=1S/C4H7FO3S/c1-2-9(6,7)8-4-3-5/h3-4H,2H2,1H3/b4-3+. The summed E-state index contributed by atoms with van der Waals surface area (Å²) in [5.41, 5.74) is 0. The topological polar surface area (TPSA) is 43.4 Å². The maximum absolute atomic E-state index is 11.1. The highest BCUT2D eigenvalue weighted by molar-refractivity contribution is 7.86. The van der Waals surface area contributed by atoms with Crippen LogP contribution in [-0.4, -0.2) is 14.2 Å². The van der Waals surface area contributed by atoms with Gasteiger partial charge in [0.1, 0.15) is 12.6 Å². The van der Waals surface area contributed by atoms with Crippen molar-refractivity contribution < 1.29 is 17.0 Å². The van der Waals surface area contributed by atoms with E-state index in [2.05, 4.69) is 4.18 Å². The van der Waals surface area contributed by atoms with E-state index in [-0.39, 0.29) is 12.1 Å². The molecule has 0 heterocycles. The second kappa shape index (κ2) is 3.45. The molecular formula is C4H7FO3S. The fraction of sp³-hybridized carbons (Fsp3) is 0.500. The van der Waals surface area contributed by atoms with E-state index in [4.69, 9.17) is 0 Å². The van der Waals surface area contributed by atoms with Gasteiger partial charge in [-0.2, -0.15) is 8.42 Å². The molecule has 0 amide bonds. The van der Waals surface area contributed by atoms with E-state index < -0.39 is 10.1 Å². The van der Waals surface area contributed by atoms with Gasteiger partial charge in [0.15, 0.2) is 0 Å². The molecule has 0 saturated heterocycles. The molecule has 0 radical (unpaired) electrons. The Hall–Kier alpha value is -0.580. The highest BCUT2D eigenvalue weighted by Crippen LogP contribution is 1.92. The van der Waals surface area contributed by atoms with Gasteiger partial charge in [0.05, 0.1) is 5.75 Å². The van der Waals surface area contributed by atoms with Gasteiger partial charge in [0.2, 0.25) is 0 Å². The first-order valence-corrected chi connectivity index (χ1v) is 3.86. The summed E-state index contributed by atoms with van der Waals surface area (Å²) >= 11 is 0. The Kier molecular flexibility index (Phi) is 3.22. The number of rotatable bonds is 3. The molecule has 3 nitrogen and oxygen atoms in total. The van der Waals surface area contributed by atoms with Crippen molar-refractivity contribution >= 4 is 10.1 Å². The van der Waals surface area contributed by atoms with Crippen LogP contribution >= 0.6 is 0 Å². The van der Waals surface area contributed by atoms with Crippen LogP contribution in [0.15, 0.2) is 12.6 Å².